The van der Waals surface area contributed by atoms with E-state index in [-0.39, 0.29) is 24.5 Å². The molecule has 0 aliphatic heterocycles. The number of nitrogens with one attached hydrogen (secondary N) is 2. The fourth-order valence-electron chi connectivity index (χ4n) is 3.00. The number of fused-ring (bicyclic) bond motifs is 1. The first-order valence-electron chi connectivity index (χ1n) is 8.96. The second-order valence-electron chi connectivity index (χ2n) is 6.46. The molecule has 2 aromatic heterocycles. The highest BCUT2D eigenvalue weighted by Gasteiger charge is 2.10. The van der Waals surface area contributed by atoms with Crippen LogP contribution >= 0.6 is 0 Å². The molecule has 0 atom stereocenters. The summed E-state index contributed by atoms with van der Waals surface area (Å²) in [5.41, 5.74) is 2.63. The van der Waals surface area contributed by atoms with Crippen LogP contribution in [-0.4, -0.2) is 26.9 Å². The van der Waals surface area contributed by atoms with E-state index in [4.69, 9.17) is 0 Å². The number of anilines is 1. The SMILES string of the molecule is O=C(CCC(=O)c1ccccc1)Nc1cc2cc(-c3cn[nH]c3)ccc2cn1. The van der Waals surface area contributed by atoms with Crippen molar-refractivity contribution >= 4 is 28.3 Å². The average molecular weight is 370 g/mol. The van der Waals surface area contributed by atoms with Gasteiger partial charge in [-0.15, -0.1) is 0 Å². The number of hydrogen-bond donors (Lipinski definition) is 2. The van der Waals surface area contributed by atoms with Crippen LogP contribution in [-0.2, 0) is 4.79 Å². The molecule has 138 valence electrons. The van der Waals surface area contributed by atoms with Gasteiger partial charge in [0.2, 0.25) is 5.91 Å². The maximum atomic E-state index is 12.2. The molecular weight excluding hydrogens is 352 g/mol. The van der Waals surface area contributed by atoms with Crippen molar-refractivity contribution in [2.45, 2.75) is 12.8 Å². The summed E-state index contributed by atoms with van der Waals surface area (Å²) in [6.45, 7) is 0. The van der Waals surface area contributed by atoms with Crippen LogP contribution in [0.3, 0.4) is 0 Å². The van der Waals surface area contributed by atoms with Crippen molar-refractivity contribution in [3.8, 4) is 11.1 Å². The molecule has 0 aliphatic rings. The van der Waals surface area contributed by atoms with Gasteiger partial charge in [-0.25, -0.2) is 4.98 Å². The summed E-state index contributed by atoms with van der Waals surface area (Å²) < 4.78 is 0. The molecule has 2 aromatic carbocycles. The molecule has 4 rings (SSSR count). The topological polar surface area (TPSA) is 87.7 Å². The van der Waals surface area contributed by atoms with E-state index in [1.54, 1.807) is 24.5 Å². The second kappa shape index (κ2) is 7.84. The summed E-state index contributed by atoms with van der Waals surface area (Å²) in [5.74, 6) is 0.183. The monoisotopic (exact) mass is 370 g/mol. The summed E-state index contributed by atoms with van der Waals surface area (Å²) in [6, 6.07) is 16.8. The Morgan fingerprint density at radius 1 is 0.893 bits per heavy atom. The second-order valence-corrected chi connectivity index (χ2v) is 6.46. The van der Waals surface area contributed by atoms with Gasteiger partial charge in [0.05, 0.1) is 6.20 Å². The molecule has 0 saturated heterocycles. The molecule has 0 saturated carbocycles. The lowest BCUT2D eigenvalue weighted by atomic mass is 10.0. The third-order valence-electron chi connectivity index (χ3n) is 4.50. The van der Waals surface area contributed by atoms with Gasteiger partial charge < -0.3 is 5.32 Å². The first-order valence-corrected chi connectivity index (χ1v) is 8.96. The van der Waals surface area contributed by atoms with Gasteiger partial charge in [0.1, 0.15) is 5.82 Å². The average Bonchev–Trinajstić information content (AvgIpc) is 3.27. The van der Waals surface area contributed by atoms with E-state index < -0.39 is 0 Å². The number of pyridine rings is 1. The predicted octanol–water partition coefficient (Wildman–Crippen LogP) is 4.23. The van der Waals surface area contributed by atoms with E-state index in [1.807, 2.05) is 48.7 Å². The normalized spacial score (nSPS) is 10.7. The Hall–Kier alpha value is -3.80. The first-order chi connectivity index (χ1) is 13.7. The fraction of sp³-hybridized carbons (Fsp3) is 0.0909. The Bertz CT molecular complexity index is 1120. The van der Waals surface area contributed by atoms with Crippen molar-refractivity contribution < 1.29 is 9.59 Å². The van der Waals surface area contributed by atoms with Crippen LogP contribution in [0.2, 0.25) is 0 Å². The number of amides is 1. The molecule has 0 unspecified atom stereocenters. The van der Waals surface area contributed by atoms with E-state index in [9.17, 15) is 9.59 Å². The first kappa shape index (κ1) is 17.6. The molecular formula is C22H18N4O2. The number of aromatic amines is 1. The predicted molar refractivity (Wildman–Crippen MR) is 108 cm³/mol. The van der Waals surface area contributed by atoms with Crippen LogP contribution in [0.5, 0.6) is 0 Å². The Labute approximate surface area is 161 Å². The van der Waals surface area contributed by atoms with Crippen molar-refractivity contribution in [3.05, 3.63) is 78.8 Å². The van der Waals surface area contributed by atoms with Gasteiger partial charge in [-0.1, -0.05) is 42.5 Å². The number of nitrogens with zero attached hydrogens (tertiary/aromatic N) is 2. The minimum atomic E-state index is -0.234. The van der Waals surface area contributed by atoms with E-state index >= 15 is 0 Å². The van der Waals surface area contributed by atoms with Crippen LogP contribution in [0.4, 0.5) is 5.82 Å². The van der Waals surface area contributed by atoms with Crippen LogP contribution < -0.4 is 5.32 Å². The molecule has 6 nitrogen and oxygen atoms in total. The number of Topliss-reactive ketones (excluding diaryl/α,β-unsaturated/α-hetero) is 1. The highest BCUT2D eigenvalue weighted by atomic mass is 16.2. The van der Waals surface area contributed by atoms with Crippen molar-refractivity contribution in [1.82, 2.24) is 15.2 Å². The molecule has 4 aromatic rings. The standard InChI is InChI=1S/C22H18N4O2/c27-20(15-4-2-1-3-5-15)8-9-22(28)26-21-11-18-10-16(19-13-24-25-14-19)6-7-17(18)12-23-21/h1-7,10-14H,8-9H2,(H,24,25)(H,23,26,28). The lowest BCUT2D eigenvalue weighted by molar-refractivity contribution is -0.116. The molecule has 0 fully saturated rings. The zero-order valence-electron chi connectivity index (χ0n) is 15.1. The number of benzene rings is 2. The summed E-state index contributed by atoms with van der Waals surface area (Å²) >= 11 is 0. The number of ketones is 1. The maximum Gasteiger partial charge on any atom is 0.225 e. The molecule has 0 aliphatic carbocycles. The molecule has 2 heterocycles. The smallest absolute Gasteiger partial charge is 0.225 e. The quantitative estimate of drug-likeness (QED) is 0.497. The van der Waals surface area contributed by atoms with Gasteiger partial charge in [-0.2, -0.15) is 5.10 Å². The minimum absolute atomic E-state index is 0.0491. The Kier molecular flexibility index (Phi) is 4.93. The molecule has 28 heavy (non-hydrogen) atoms. The molecule has 0 bridgehead atoms. The van der Waals surface area contributed by atoms with Crippen molar-refractivity contribution in [3.63, 3.8) is 0 Å². The molecule has 0 radical (unpaired) electrons. The van der Waals surface area contributed by atoms with Gasteiger partial charge in [-0.3, -0.25) is 14.7 Å². The summed E-state index contributed by atoms with van der Waals surface area (Å²) in [4.78, 5) is 28.6. The van der Waals surface area contributed by atoms with E-state index in [0.717, 1.165) is 21.9 Å². The third-order valence-corrected chi connectivity index (χ3v) is 4.50. The number of rotatable bonds is 6. The fourth-order valence-corrected chi connectivity index (χ4v) is 3.00. The van der Waals surface area contributed by atoms with Gasteiger partial charge in [0, 0.05) is 41.7 Å². The molecule has 0 spiro atoms. The lowest BCUT2D eigenvalue weighted by Crippen LogP contribution is -2.14. The summed E-state index contributed by atoms with van der Waals surface area (Å²) in [7, 11) is 0. The maximum absolute atomic E-state index is 12.2. The van der Waals surface area contributed by atoms with E-state index in [0.29, 0.717) is 11.4 Å². The number of hydrogen-bond acceptors (Lipinski definition) is 4. The Balaban J connectivity index is 1.43. The van der Waals surface area contributed by atoms with Gasteiger partial charge in [0.15, 0.2) is 5.78 Å². The molecule has 6 heteroatoms. The molecule has 1 amide bonds. The zero-order valence-corrected chi connectivity index (χ0v) is 15.1. The number of H-pyrrole nitrogens is 1. The Morgan fingerprint density at radius 3 is 2.54 bits per heavy atom. The van der Waals surface area contributed by atoms with Crippen LogP contribution in [0.15, 0.2) is 73.2 Å². The minimum Gasteiger partial charge on any atom is -0.311 e. The van der Waals surface area contributed by atoms with Crippen molar-refractivity contribution in [1.29, 1.82) is 0 Å². The summed E-state index contributed by atoms with van der Waals surface area (Å²) in [5, 5.41) is 11.5. The van der Waals surface area contributed by atoms with Crippen LogP contribution in [0, 0.1) is 0 Å². The summed E-state index contributed by atoms with van der Waals surface area (Å²) in [6.07, 6.45) is 5.58. The largest absolute Gasteiger partial charge is 0.311 e. The van der Waals surface area contributed by atoms with Crippen LogP contribution in [0.25, 0.3) is 21.9 Å². The highest BCUT2D eigenvalue weighted by molar-refractivity contribution is 6.00. The van der Waals surface area contributed by atoms with E-state index in [2.05, 4.69) is 20.5 Å². The third kappa shape index (κ3) is 3.96. The Morgan fingerprint density at radius 2 is 1.75 bits per heavy atom. The van der Waals surface area contributed by atoms with Gasteiger partial charge in [0.25, 0.3) is 0 Å². The van der Waals surface area contributed by atoms with Gasteiger partial charge in [-0.05, 0) is 23.1 Å². The number of aromatic nitrogens is 3. The van der Waals surface area contributed by atoms with Crippen molar-refractivity contribution in [2.24, 2.45) is 0 Å². The lowest BCUT2D eigenvalue weighted by Gasteiger charge is -2.07. The molecule has 2 N–H and O–H groups in total. The number of carbonyl (C=O) groups excluding carboxylic acids is 2. The van der Waals surface area contributed by atoms with E-state index in [1.165, 1.54) is 0 Å². The zero-order chi connectivity index (χ0) is 19.3. The van der Waals surface area contributed by atoms with Crippen LogP contribution in [0.1, 0.15) is 23.2 Å². The number of carbonyl (C=O) groups is 2. The highest BCUT2D eigenvalue weighted by Crippen LogP contribution is 2.24. The van der Waals surface area contributed by atoms with Gasteiger partial charge >= 0.3 is 0 Å². The van der Waals surface area contributed by atoms with Crippen molar-refractivity contribution in [2.75, 3.05) is 5.32 Å².